The van der Waals surface area contributed by atoms with E-state index in [-0.39, 0.29) is 12.6 Å². The molecule has 0 amide bonds. The third-order valence-corrected chi connectivity index (χ3v) is 2.75. The van der Waals surface area contributed by atoms with Crippen molar-refractivity contribution in [1.29, 1.82) is 0 Å². The number of aliphatic hydroxyl groups excluding tert-OH is 1. The largest absolute Gasteiger partial charge is 0.395 e. The number of aryl methyl sites for hydroxylation is 2. The van der Waals surface area contributed by atoms with Crippen molar-refractivity contribution in [3.63, 3.8) is 0 Å². The van der Waals surface area contributed by atoms with Gasteiger partial charge in [0.25, 0.3) is 0 Å². The first-order chi connectivity index (χ1) is 7.13. The number of hydrogen-bond acceptors (Lipinski definition) is 2. The minimum Gasteiger partial charge on any atom is -0.395 e. The van der Waals surface area contributed by atoms with Gasteiger partial charge < -0.3 is 10.4 Å². The summed E-state index contributed by atoms with van der Waals surface area (Å²) in [5.41, 5.74) is 4.05. The van der Waals surface area contributed by atoms with Crippen LogP contribution in [0, 0.1) is 13.8 Å². The average molecular weight is 207 g/mol. The van der Waals surface area contributed by atoms with Gasteiger partial charge in [-0.1, -0.05) is 18.2 Å². The average Bonchev–Trinajstić information content (AvgIpc) is 2.23. The van der Waals surface area contributed by atoms with Gasteiger partial charge in [0.2, 0.25) is 0 Å². The molecule has 0 saturated carbocycles. The molecule has 2 nitrogen and oxygen atoms in total. The Kier molecular flexibility index (Phi) is 4.79. The SMILES string of the molecule is Cc1ccc(CCNC(C)CO)cc1C. The van der Waals surface area contributed by atoms with E-state index >= 15 is 0 Å². The molecule has 1 unspecified atom stereocenters. The monoisotopic (exact) mass is 207 g/mol. The van der Waals surface area contributed by atoms with Crippen LogP contribution in [-0.4, -0.2) is 24.3 Å². The summed E-state index contributed by atoms with van der Waals surface area (Å²) in [6.07, 6.45) is 1.02. The van der Waals surface area contributed by atoms with Crippen molar-refractivity contribution in [3.8, 4) is 0 Å². The molecule has 0 radical (unpaired) electrons. The molecule has 0 aliphatic heterocycles. The van der Waals surface area contributed by atoms with Crippen LogP contribution >= 0.6 is 0 Å². The first-order valence-corrected chi connectivity index (χ1v) is 5.54. The summed E-state index contributed by atoms with van der Waals surface area (Å²) in [5, 5.41) is 12.1. The lowest BCUT2D eigenvalue weighted by molar-refractivity contribution is 0.252. The Morgan fingerprint density at radius 3 is 2.60 bits per heavy atom. The third kappa shape index (κ3) is 4.02. The lowest BCUT2D eigenvalue weighted by Crippen LogP contribution is -2.30. The molecule has 1 aromatic carbocycles. The topological polar surface area (TPSA) is 32.3 Å². The zero-order chi connectivity index (χ0) is 11.3. The van der Waals surface area contributed by atoms with E-state index in [9.17, 15) is 0 Å². The van der Waals surface area contributed by atoms with Gasteiger partial charge in [-0.3, -0.25) is 0 Å². The molecule has 1 atom stereocenters. The Bertz CT molecular complexity index is 309. The van der Waals surface area contributed by atoms with E-state index in [1.54, 1.807) is 0 Å². The van der Waals surface area contributed by atoms with Crippen molar-refractivity contribution in [1.82, 2.24) is 5.32 Å². The molecular formula is C13H21NO. The molecule has 0 aromatic heterocycles. The second-order valence-electron chi connectivity index (χ2n) is 4.21. The Balaban J connectivity index is 2.41. The highest BCUT2D eigenvalue weighted by molar-refractivity contribution is 5.29. The summed E-state index contributed by atoms with van der Waals surface area (Å²) in [6.45, 7) is 7.38. The molecule has 15 heavy (non-hydrogen) atoms. The Morgan fingerprint density at radius 2 is 2.00 bits per heavy atom. The van der Waals surface area contributed by atoms with Crippen LogP contribution in [0.25, 0.3) is 0 Å². The van der Waals surface area contributed by atoms with Crippen LogP contribution in [0.4, 0.5) is 0 Å². The van der Waals surface area contributed by atoms with Crippen molar-refractivity contribution in [2.45, 2.75) is 33.2 Å². The van der Waals surface area contributed by atoms with Crippen LogP contribution in [0.5, 0.6) is 0 Å². The molecule has 0 fully saturated rings. The molecule has 0 heterocycles. The fraction of sp³-hybridized carbons (Fsp3) is 0.538. The number of nitrogens with one attached hydrogen (secondary N) is 1. The van der Waals surface area contributed by atoms with Crippen molar-refractivity contribution in [3.05, 3.63) is 34.9 Å². The first kappa shape index (κ1) is 12.2. The number of benzene rings is 1. The van der Waals surface area contributed by atoms with Crippen LogP contribution in [-0.2, 0) is 6.42 Å². The van der Waals surface area contributed by atoms with Crippen LogP contribution < -0.4 is 5.32 Å². The third-order valence-electron chi connectivity index (χ3n) is 2.75. The van der Waals surface area contributed by atoms with Gasteiger partial charge in [0.15, 0.2) is 0 Å². The standard InChI is InChI=1S/C13H21NO/c1-10-4-5-13(8-11(10)2)6-7-14-12(3)9-15/h4-5,8,12,14-15H,6-7,9H2,1-3H3. The maximum atomic E-state index is 8.85. The highest BCUT2D eigenvalue weighted by Gasteiger charge is 1.99. The molecule has 0 saturated heterocycles. The van der Waals surface area contributed by atoms with Crippen LogP contribution in [0.3, 0.4) is 0 Å². The molecule has 0 spiro atoms. The molecular weight excluding hydrogens is 186 g/mol. The van der Waals surface area contributed by atoms with Gasteiger partial charge in [-0.15, -0.1) is 0 Å². The van der Waals surface area contributed by atoms with E-state index in [1.807, 2.05) is 6.92 Å². The summed E-state index contributed by atoms with van der Waals surface area (Å²) in [6, 6.07) is 6.77. The normalized spacial score (nSPS) is 12.8. The molecule has 84 valence electrons. The quantitative estimate of drug-likeness (QED) is 0.772. The molecule has 1 aromatic rings. The van der Waals surface area contributed by atoms with Gasteiger partial charge in [0.1, 0.15) is 0 Å². The summed E-state index contributed by atoms with van der Waals surface area (Å²) in [4.78, 5) is 0. The predicted octanol–water partition coefficient (Wildman–Crippen LogP) is 1.82. The first-order valence-electron chi connectivity index (χ1n) is 5.54. The van der Waals surface area contributed by atoms with Crippen LogP contribution in [0.1, 0.15) is 23.6 Å². The number of hydrogen-bond donors (Lipinski definition) is 2. The number of aliphatic hydroxyl groups is 1. The Morgan fingerprint density at radius 1 is 1.27 bits per heavy atom. The second-order valence-corrected chi connectivity index (χ2v) is 4.21. The van der Waals surface area contributed by atoms with Gasteiger partial charge in [-0.25, -0.2) is 0 Å². The van der Waals surface area contributed by atoms with Crippen molar-refractivity contribution >= 4 is 0 Å². The minimum atomic E-state index is 0.191. The maximum absolute atomic E-state index is 8.85. The summed E-state index contributed by atoms with van der Waals surface area (Å²) < 4.78 is 0. The van der Waals surface area contributed by atoms with Crippen molar-refractivity contribution in [2.24, 2.45) is 0 Å². The zero-order valence-electron chi connectivity index (χ0n) is 9.88. The zero-order valence-corrected chi connectivity index (χ0v) is 9.88. The van der Waals surface area contributed by atoms with Gasteiger partial charge in [0.05, 0.1) is 6.61 Å². The smallest absolute Gasteiger partial charge is 0.0581 e. The van der Waals surface area contributed by atoms with Gasteiger partial charge in [-0.05, 0) is 50.4 Å². The summed E-state index contributed by atoms with van der Waals surface area (Å²) >= 11 is 0. The minimum absolute atomic E-state index is 0.191. The summed E-state index contributed by atoms with van der Waals surface area (Å²) in [5.74, 6) is 0. The van der Waals surface area contributed by atoms with E-state index in [0.29, 0.717) is 0 Å². The van der Waals surface area contributed by atoms with E-state index in [0.717, 1.165) is 13.0 Å². The summed E-state index contributed by atoms with van der Waals surface area (Å²) in [7, 11) is 0. The number of rotatable bonds is 5. The van der Waals surface area contributed by atoms with Crippen LogP contribution in [0.15, 0.2) is 18.2 Å². The molecule has 2 heteroatoms. The van der Waals surface area contributed by atoms with E-state index in [1.165, 1.54) is 16.7 Å². The lowest BCUT2D eigenvalue weighted by atomic mass is 10.0. The Hall–Kier alpha value is -0.860. The van der Waals surface area contributed by atoms with E-state index in [2.05, 4.69) is 37.4 Å². The highest BCUT2D eigenvalue weighted by Crippen LogP contribution is 2.09. The van der Waals surface area contributed by atoms with E-state index in [4.69, 9.17) is 5.11 Å². The van der Waals surface area contributed by atoms with Crippen LogP contribution in [0.2, 0.25) is 0 Å². The van der Waals surface area contributed by atoms with E-state index < -0.39 is 0 Å². The molecule has 0 aliphatic carbocycles. The predicted molar refractivity (Wildman–Crippen MR) is 64.2 cm³/mol. The van der Waals surface area contributed by atoms with Crippen molar-refractivity contribution < 1.29 is 5.11 Å². The fourth-order valence-electron chi connectivity index (χ4n) is 1.49. The van der Waals surface area contributed by atoms with Gasteiger partial charge >= 0.3 is 0 Å². The van der Waals surface area contributed by atoms with Gasteiger partial charge in [-0.2, -0.15) is 0 Å². The highest BCUT2D eigenvalue weighted by atomic mass is 16.3. The maximum Gasteiger partial charge on any atom is 0.0581 e. The molecule has 1 rings (SSSR count). The second kappa shape index (κ2) is 5.89. The van der Waals surface area contributed by atoms with Crippen molar-refractivity contribution in [2.75, 3.05) is 13.2 Å². The molecule has 0 aliphatic rings. The lowest BCUT2D eigenvalue weighted by Gasteiger charge is -2.11. The fourth-order valence-corrected chi connectivity index (χ4v) is 1.49. The Labute approximate surface area is 92.3 Å². The molecule has 0 bridgehead atoms. The van der Waals surface area contributed by atoms with Gasteiger partial charge in [0, 0.05) is 6.04 Å². The molecule has 2 N–H and O–H groups in total.